The number of amides is 1. The first-order chi connectivity index (χ1) is 11.7. The van der Waals surface area contributed by atoms with Crippen LogP contribution in [-0.2, 0) is 4.79 Å². The topological polar surface area (TPSA) is 92.7 Å². The van der Waals surface area contributed by atoms with E-state index in [1.165, 1.54) is 37.3 Å². The zero-order valence-electron chi connectivity index (χ0n) is 12.6. The van der Waals surface area contributed by atoms with Gasteiger partial charge in [0, 0.05) is 12.5 Å². The Kier molecular flexibility index (Phi) is 6.21. The van der Waals surface area contributed by atoms with Crippen LogP contribution in [-0.4, -0.2) is 23.0 Å². The van der Waals surface area contributed by atoms with Crippen LogP contribution in [0.2, 0.25) is 5.02 Å². The molecule has 0 radical (unpaired) electrons. The number of hydrogen-bond donors (Lipinski definition) is 2. The fraction of sp³-hybridized carbons (Fsp3) is 0.0625. The van der Waals surface area contributed by atoms with Crippen molar-refractivity contribution < 1.29 is 24.2 Å². The number of aromatic carboxylic acids is 1. The van der Waals surface area contributed by atoms with Crippen molar-refractivity contribution in [1.82, 2.24) is 0 Å². The highest BCUT2D eigenvalue weighted by Crippen LogP contribution is 2.35. The van der Waals surface area contributed by atoms with E-state index in [2.05, 4.69) is 37.2 Å². The summed E-state index contributed by atoms with van der Waals surface area (Å²) in [6.07, 6.45) is 0. The summed E-state index contributed by atoms with van der Waals surface area (Å²) in [5, 5.41) is 11.6. The smallest absolute Gasteiger partial charge is 0.335 e. The average Bonchev–Trinajstić information content (AvgIpc) is 2.52. The Bertz CT molecular complexity index is 862. The molecular weight excluding hydrogens is 481 g/mol. The van der Waals surface area contributed by atoms with Gasteiger partial charge in [0.15, 0.2) is 5.75 Å². The summed E-state index contributed by atoms with van der Waals surface area (Å²) in [7, 11) is 0. The zero-order valence-corrected chi connectivity index (χ0v) is 16.5. The minimum absolute atomic E-state index is 0.0132. The van der Waals surface area contributed by atoms with Crippen LogP contribution >= 0.6 is 43.5 Å². The lowest BCUT2D eigenvalue weighted by atomic mass is 10.1. The van der Waals surface area contributed by atoms with Crippen molar-refractivity contribution in [2.75, 3.05) is 5.32 Å². The summed E-state index contributed by atoms with van der Waals surface area (Å²) < 4.78 is 5.87. The Hall–Kier alpha value is -1.90. The highest BCUT2D eigenvalue weighted by atomic mass is 79.9. The van der Waals surface area contributed by atoms with Crippen molar-refractivity contribution in [3.05, 3.63) is 55.4 Å². The van der Waals surface area contributed by atoms with E-state index in [0.29, 0.717) is 8.95 Å². The van der Waals surface area contributed by atoms with Gasteiger partial charge < -0.3 is 15.2 Å². The molecule has 0 saturated carbocycles. The van der Waals surface area contributed by atoms with Gasteiger partial charge in [0.25, 0.3) is 5.91 Å². The maximum atomic E-state index is 12.4. The van der Waals surface area contributed by atoms with Gasteiger partial charge in [-0.2, -0.15) is 0 Å². The predicted molar refractivity (Wildman–Crippen MR) is 99.5 cm³/mol. The molecule has 2 aromatic rings. The first-order valence-electron chi connectivity index (χ1n) is 6.70. The summed E-state index contributed by atoms with van der Waals surface area (Å²) in [5.74, 6) is -1.83. The van der Waals surface area contributed by atoms with E-state index >= 15 is 0 Å². The lowest BCUT2D eigenvalue weighted by molar-refractivity contribution is -0.131. The first-order valence-corrected chi connectivity index (χ1v) is 8.67. The van der Waals surface area contributed by atoms with Gasteiger partial charge in [-0.25, -0.2) is 4.79 Å². The van der Waals surface area contributed by atoms with E-state index in [4.69, 9.17) is 21.4 Å². The average molecular weight is 492 g/mol. The Morgan fingerprint density at radius 3 is 2.16 bits per heavy atom. The van der Waals surface area contributed by atoms with Crippen molar-refractivity contribution in [3.8, 4) is 5.75 Å². The third-order valence-electron chi connectivity index (χ3n) is 2.97. The quantitative estimate of drug-likeness (QED) is 0.476. The highest BCUT2D eigenvalue weighted by molar-refractivity contribution is 9.11. The highest BCUT2D eigenvalue weighted by Gasteiger charge is 2.16. The van der Waals surface area contributed by atoms with Gasteiger partial charge in [-0.15, -0.1) is 0 Å². The molecule has 0 aliphatic rings. The number of carboxylic acid groups (broad SMARTS) is 1. The maximum absolute atomic E-state index is 12.4. The van der Waals surface area contributed by atoms with Gasteiger partial charge in [0.1, 0.15) is 0 Å². The van der Waals surface area contributed by atoms with Crippen LogP contribution in [0, 0.1) is 0 Å². The molecule has 0 saturated heterocycles. The number of benzene rings is 2. The Labute approximate surface area is 164 Å². The minimum atomic E-state index is -1.12. The van der Waals surface area contributed by atoms with Crippen molar-refractivity contribution in [2.45, 2.75) is 6.92 Å². The molecule has 25 heavy (non-hydrogen) atoms. The molecule has 2 N–H and O–H groups in total. The molecule has 0 atom stereocenters. The van der Waals surface area contributed by atoms with Crippen LogP contribution in [0.3, 0.4) is 0 Å². The number of esters is 1. The second-order valence-electron chi connectivity index (χ2n) is 4.82. The zero-order chi connectivity index (χ0) is 18.7. The summed E-state index contributed by atoms with van der Waals surface area (Å²) in [5.41, 5.74) is 0.556. The second kappa shape index (κ2) is 7.99. The Morgan fingerprint density at radius 1 is 1.08 bits per heavy atom. The largest absolute Gasteiger partial charge is 0.478 e. The minimum Gasteiger partial charge on any atom is -0.478 e. The van der Waals surface area contributed by atoms with Crippen LogP contribution < -0.4 is 10.1 Å². The van der Waals surface area contributed by atoms with Crippen LogP contribution in [0.15, 0.2) is 39.3 Å². The summed E-state index contributed by atoms with van der Waals surface area (Å²) >= 11 is 12.5. The molecule has 0 aliphatic heterocycles. The molecule has 9 heteroatoms. The molecule has 0 heterocycles. The van der Waals surface area contributed by atoms with Gasteiger partial charge in [-0.3, -0.25) is 9.59 Å². The molecule has 0 bridgehead atoms. The third kappa shape index (κ3) is 4.81. The van der Waals surface area contributed by atoms with Gasteiger partial charge >= 0.3 is 11.9 Å². The third-order valence-corrected chi connectivity index (χ3v) is 4.46. The van der Waals surface area contributed by atoms with Crippen LogP contribution in [0.4, 0.5) is 5.69 Å². The number of anilines is 1. The number of carbonyl (C=O) groups is 3. The number of rotatable bonds is 4. The molecule has 0 aliphatic carbocycles. The first kappa shape index (κ1) is 19.4. The number of ether oxygens (including phenoxy) is 1. The lowest BCUT2D eigenvalue weighted by Crippen LogP contribution is -2.13. The molecule has 2 rings (SSSR count). The Morgan fingerprint density at radius 2 is 1.68 bits per heavy atom. The predicted octanol–water partition coefficient (Wildman–Crippen LogP) is 4.74. The van der Waals surface area contributed by atoms with Crippen LogP contribution in [0.1, 0.15) is 27.6 Å². The van der Waals surface area contributed by atoms with E-state index in [-0.39, 0.29) is 27.6 Å². The molecule has 2 aromatic carbocycles. The van der Waals surface area contributed by atoms with E-state index in [1.54, 1.807) is 0 Å². The molecule has 0 fully saturated rings. The number of hydrogen-bond acceptors (Lipinski definition) is 4. The number of nitrogens with one attached hydrogen (secondary N) is 1. The van der Waals surface area contributed by atoms with Crippen molar-refractivity contribution in [2.24, 2.45) is 0 Å². The summed E-state index contributed by atoms with van der Waals surface area (Å²) in [6, 6.07) is 6.95. The van der Waals surface area contributed by atoms with Crippen molar-refractivity contribution >= 4 is 67.0 Å². The normalized spacial score (nSPS) is 10.2. The maximum Gasteiger partial charge on any atom is 0.335 e. The van der Waals surface area contributed by atoms with E-state index in [0.717, 1.165) is 0 Å². The van der Waals surface area contributed by atoms with Gasteiger partial charge in [0.05, 0.1) is 25.2 Å². The number of carbonyl (C=O) groups excluding carboxylic acids is 2. The monoisotopic (exact) mass is 489 g/mol. The second-order valence-corrected chi connectivity index (χ2v) is 6.93. The number of carboxylic acids is 1. The molecule has 1 amide bonds. The van der Waals surface area contributed by atoms with Crippen LogP contribution in [0.5, 0.6) is 5.75 Å². The SMILES string of the molecule is CC(=O)Oc1c(Br)cc(C(=O)Nc2ccc(C(=O)O)cc2Cl)cc1Br. The van der Waals surface area contributed by atoms with Gasteiger partial charge in [-0.1, -0.05) is 11.6 Å². The van der Waals surface area contributed by atoms with E-state index < -0.39 is 17.8 Å². The van der Waals surface area contributed by atoms with E-state index in [9.17, 15) is 14.4 Å². The molecular formula is C16H10Br2ClNO5. The molecule has 6 nitrogen and oxygen atoms in total. The van der Waals surface area contributed by atoms with Gasteiger partial charge in [-0.05, 0) is 62.2 Å². The molecule has 0 spiro atoms. The fourth-order valence-electron chi connectivity index (χ4n) is 1.88. The molecule has 0 unspecified atom stereocenters. The lowest BCUT2D eigenvalue weighted by Gasteiger charge is -2.11. The van der Waals surface area contributed by atoms with Crippen molar-refractivity contribution in [1.29, 1.82) is 0 Å². The Balaban J connectivity index is 2.27. The molecule has 130 valence electrons. The molecule has 0 aromatic heterocycles. The summed E-state index contributed by atoms with van der Waals surface area (Å²) in [6.45, 7) is 1.27. The number of halogens is 3. The fourth-order valence-corrected chi connectivity index (χ4v) is 3.45. The summed E-state index contributed by atoms with van der Waals surface area (Å²) in [4.78, 5) is 34.4. The van der Waals surface area contributed by atoms with Crippen LogP contribution in [0.25, 0.3) is 0 Å². The van der Waals surface area contributed by atoms with E-state index in [1.807, 2.05) is 0 Å². The van der Waals surface area contributed by atoms with Crippen molar-refractivity contribution in [3.63, 3.8) is 0 Å². The van der Waals surface area contributed by atoms with Gasteiger partial charge in [0.2, 0.25) is 0 Å². The standard InChI is InChI=1S/C16H10Br2ClNO5/c1-7(21)25-14-10(17)4-9(5-11(14)18)15(22)20-13-3-2-8(16(23)24)6-12(13)19/h2-6H,1H3,(H,20,22)(H,23,24).